The van der Waals surface area contributed by atoms with E-state index in [1.807, 2.05) is 20.8 Å². The van der Waals surface area contributed by atoms with E-state index in [4.69, 9.17) is 4.74 Å². The van der Waals surface area contributed by atoms with E-state index in [2.05, 4.69) is 17.6 Å². The number of amides is 1. The zero-order valence-electron chi connectivity index (χ0n) is 21.5. The predicted octanol–water partition coefficient (Wildman–Crippen LogP) is 5.06. The summed E-state index contributed by atoms with van der Waals surface area (Å²) < 4.78 is 5.56. The van der Waals surface area contributed by atoms with E-state index in [0.717, 1.165) is 50.2 Å². The fraction of sp³-hybridized carbons (Fsp3) is 0.963. The SMILES string of the molecule is CCCCCOCC(O)CNCC1CCC(CC2CCC(NC(=O)C(C)(C)C)CC2)CC1. The van der Waals surface area contributed by atoms with Gasteiger partial charge in [0.1, 0.15) is 0 Å². The molecule has 0 bridgehead atoms. The van der Waals surface area contributed by atoms with Crippen LogP contribution in [-0.2, 0) is 9.53 Å². The van der Waals surface area contributed by atoms with Crippen LogP contribution in [0.4, 0.5) is 0 Å². The van der Waals surface area contributed by atoms with Crippen LogP contribution in [0.2, 0.25) is 0 Å². The summed E-state index contributed by atoms with van der Waals surface area (Å²) in [5, 5.41) is 16.8. The van der Waals surface area contributed by atoms with E-state index in [1.165, 1.54) is 57.8 Å². The van der Waals surface area contributed by atoms with Crippen LogP contribution in [0.1, 0.15) is 105 Å². The van der Waals surface area contributed by atoms with Crippen LogP contribution in [0.25, 0.3) is 0 Å². The average Bonchev–Trinajstić information content (AvgIpc) is 2.75. The zero-order valence-corrected chi connectivity index (χ0v) is 21.5. The highest BCUT2D eigenvalue weighted by Gasteiger charge is 2.29. The first kappa shape index (κ1) is 27.6. The molecule has 0 aliphatic heterocycles. The molecule has 2 saturated carbocycles. The van der Waals surface area contributed by atoms with Crippen molar-refractivity contribution in [2.45, 2.75) is 117 Å². The van der Waals surface area contributed by atoms with E-state index in [-0.39, 0.29) is 11.3 Å². The zero-order chi connectivity index (χ0) is 23.4. The number of carbonyl (C=O) groups excluding carboxylic acids is 1. The fourth-order valence-corrected chi connectivity index (χ4v) is 5.27. The van der Waals surface area contributed by atoms with Crippen molar-refractivity contribution in [3.05, 3.63) is 0 Å². The monoisotopic (exact) mass is 452 g/mol. The van der Waals surface area contributed by atoms with E-state index in [1.54, 1.807) is 0 Å². The summed E-state index contributed by atoms with van der Waals surface area (Å²) in [6, 6.07) is 0.386. The van der Waals surface area contributed by atoms with Gasteiger partial charge in [0.05, 0.1) is 12.7 Å². The van der Waals surface area contributed by atoms with Crippen molar-refractivity contribution in [3.63, 3.8) is 0 Å². The lowest BCUT2D eigenvalue weighted by molar-refractivity contribution is -0.129. The first-order valence-corrected chi connectivity index (χ1v) is 13.5. The molecule has 0 aromatic heterocycles. The van der Waals surface area contributed by atoms with E-state index < -0.39 is 6.10 Å². The molecular formula is C27H52N2O3. The maximum atomic E-state index is 12.2. The summed E-state index contributed by atoms with van der Waals surface area (Å²) in [6.07, 6.45) is 14.7. The number of hydrogen-bond acceptors (Lipinski definition) is 4. The number of nitrogens with one attached hydrogen (secondary N) is 2. The standard InChI is InChI=1S/C27H52N2O3/c1-5-6-7-16-32-20-25(30)19-28-18-23-10-8-21(9-11-23)17-22-12-14-24(15-13-22)29-26(31)27(2,3)4/h21-25,28,30H,5-20H2,1-4H3,(H,29,31). The third-order valence-electron chi connectivity index (χ3n) is 7.51. The summed E-state index contributed by atoms with van der Waals surface area (Å²) in [7, 11) is 0. The van der Waals surface area contributed by atoms with Gasteiger partial charge in [-0.3, -0.25) is 4.79 Å². The largest absolute Gasteiger partial charge is 0.389 e. The molecule has 1 unspecified atom stereocenters. The van der Waals surface area contributed by atoms with Crippen LogP contribution in [0.5, 0.6) is 0 Å². The molecule has 5 heteroatoms. The van der Waals surface area contributed by atoms with Gasteiger partial charge >= 0.3 is 0 Å². The second-order valence-corrected chi connectivity index (χ2v) is 11.7. The summed E-state index contributed by atoms with van der Waals surface area (Å²) in [6.45, 7) is 11.0. The Labute approximate surface area is 197 Å². The molecular weight excluding hydrogens is 400 g/mol. The van der Waals surface area contributed by atoms with Crippen molar-refractivity contribution in [3.8, 4) is 0 Å². The van der Waals surface area contributed by atoms with E-state index in [0.29, 0.717) is 19.2 Å². The minimum Gasteiger partial charge on any atom is -0.389 e. The lowest BCUT2D eigenvalue weighted by Crippen LogP contribution is -2.43. The van der Waals surface area contributed by atoms with Crippen LogP contribution >= 0.6 is 0 Å². The highest BCUT2D eigenvalue weighted by atomic mass is 16.5. The topological polar surface area (TPSA) is 70.6 Å². The quantitative estimate of drug-likeness (QED) is 0.342. The van der Waals surface area contributed by atoms with Gasteiger partial charge in [0.2, 0.25) is 5.91 Å². The summed E-state index contributed by atoms with van der Waals surface area (Å²) in [5.74, 6) is 2.69. The Bertz CT molecular complexity index is 504. The highest BCUT2D eigenvalue weighted by molar-refractivity contribution is 5.81. The Morgan fingerprint density at radius 3 is 2.16 bits per heavy atom. The van der Waals surface area contributed by atoms with Crippen molar-refractivity contribution in [1.29, 1.82) is 0 Å². The Morgan fingerprint density at radius 1 is 0.969 bits per heavy atom. The summed E-state index contributed by atoms with van der Waals surface area (Å²) in [4.78, 5) is 12.2. The summed E-state index contributed by atoms with van der Waals surface area (Å²) >= 11 is 0. The second-order valence-electron chi connectivity index (χ2n) is 11.7. The first-order chi connectivity index (χ1) is 15.3. The molecule has 0 radical (unpaired) electrons. The average molecular weight is 453 g/mol. The maximum Gasteiger partial charge on any atom is 0.225 e. The molecule has 0 aromatic carbocycles. The second kappa shape index (κ2) is 14.6. The Morgan fingerprint density at radius 2 is 1.56 bits per heavy atom. The van der Waals surface area contributed by atoms with Gasteiger partial charge in [0, 0.05) is 24.6 Å². The number of aliphatic hydroxyl groups is 1. The molecule has 2 fully saturated rings. The van der Waals surface area contributed by atoms with Crippen LogP contribution in [-0.4, -0.2) is 49.5 Å². The Balaban J connectivity index is 1.50. The minimum absolute atomic E-state index is 0.194. The van der Waals surface area contributed by atoms with Gasteiger partial charge in [0.25, 0.3) is 0 Å². The third kappa shape index (κ3) is 11.0. The van der Waals surface area contributed by atoms with Gasteiger partial charge in [0.15, 0.2) is 0 Å². The van der Waals surface area contributed by atoms with Crippen LogP contribution in [0.15, 0.2) is 0 Å². The Kier molecular flexibility index (Phi) is 12.6. The molecule has 5 nitrogen and oxygen atoms in total. The number of aliphatic hydroxyl groups excluding tert-OH is 1. The number of unbranched alkanes of at least 4 members (excludes halogenated alkanes) is 2. The summed E-state index contributed by atoms with van der Waals surface area (Å²) in [5.41, 5.74) is -0.287. The molecule has 2 aliphatic carbocycles. The van der Waals surface area contributed by atoms with Crippen LogP contribution in [0.3, 0.4) is 0 Å². The third-order valence-corrected chi connectivity index (χ3v) is 7.51. The van der Waals surface area contributed by atoms with Gasteiger partial charge in [-0.25, -0.2) is 0 Å². The first-order valence-electron chi connectivity index (χ1n) is 13.5. The van der Waals surface area contributed by atoms with Crippen LogP contribution < -0.4 is 10.6 Å². The maximum absolute atomic E-state index is 12.2. The van der Waals surface area contributed by atoms with Gasteiger partial charge < -0.3 is 20.5 Å². The van der Waals surface area contributed by atoms with Gasteiger partial charge in [-0.2, -0.15) is 0 Å². The molecule has 0 aromatic rings. The number of rotatable bonds is 13. The van der Waals surface area contributed by atoms with Gasteiger partial charge in [-0.15, -0.1) is 0 Å². The van der Waals surface area contributed by atoms with Crippen molar-refractivity contribution >= 4 is 5.91 Å². The Hall–Kier alpha value is -0.650. The fourth-order valence-electron chi connectivity index (χ4n) is 5.27. The highest BCUT2D eigenvalue weighted by Crippen LogP contribution is 2.37. The van der Waals surface area contributed by atoms with Gasteiger partial charge in [-0.05, 0) is 75.7 Å². The van der Waals surface area contributed by atoms with Crippen molar-refractivity contribution < 1.29 is 14.6 Å². The molecule has 1 atom stereocenters. The van der Waals surface area contributed by atoms with E-state index in [9.17, 15) is 9.90 Å². The minimum atomic E-state index is -0.392. The molecule has 32 heavy (non-hydrogen) atoms. The van der Waals surface area contributed by atoms with Crippen molar-refractivity contribution in [2.75, 3.05) is 26.3 Å². The number of hydrogen-bond donors (Lipinski definition) is 3. The van der Waals surface area contributed by atoms with Gasteiger partial charge in [-0.1, -0.05) is 53.4 Å². The lowest BCUT2D eigenvalue weighted by atomic mass is 9.74. The molecule has 2 aliphatic rings. The van der Waals surface area contributed by atoms with Crippen LogP contribution in [0, 0.1) is 23.2 Å². The van der Waals surface area contributed by atoms with Crippen molar-refractivity contribution in [2.24, 2.45) is 23.2 Å². The normalized spacial score (nSPS) is 27.8. The smallest absolute Gasteiger partial charge is 0.225 e. The molecule has 1 amide bonds. The van der Waals surface area contributed by atoms with E-state index >= 15 is 0 Å². The molecule has 2 rings (SSSR count). The lowest BCUT2D eigenvalue weighted by Gasteiger charge is -2.35. The van der Waals surface area contributed by atoms with Crippen molar-refractivity contribution in [1.82, 2.24) is 10.6 Å². The molecule has 188 valence electrons. The predicted molar refractivity (Wildman–Crippen MR) is 133 cm³/mol. The molecule has 0 saturated heterocycles. The number of carbonyl (C=O) groups is 1. The molecule has 3 N–H and O–H groups in total. The molecule has 0 spiro atoms. The number of ether oxygens (including phenoxy) is 1. The molecule has 0 heterocycles.